The van der Waals surface area contributed by atoms with Crippen LogP contribution in [0.1, 0.15) is 0 Å². The molecule has 2 aromatic heterocycles. The number of aromatic amines is 1. The molecule has 0 spiro atoms. The lowest BCUT2D eigenvalue weighted by atomic mass is 10.0. The van der Waals surface area contributed by atoms with Gasteiger partial charge in [0, 0.05) is 24.3 Å². The molecule has 0 aliphatic rings. The summed E-state index contributed by atoms with van der Waals surface area (Å²) in [4.78, 5) is 7.23. The van der Waals surface area contributed by atoms with E-state index in [9.17, 15) is 0 Å². The van der Waals surface area contributed by atoms with Crippen LogP contribution in [0, 0.1) is 0 Å². The standard InChI is InChI=1S/C15H12N2/c1-2-15(17-9-1)14-5-3-12(4-6-14)13-7-10-16-11-8-13/h1-11,17H. The van der Waals surface area contributed by atoms with Crippen LogP contribution in [0.3, 0.4) is 0 Å². The number of hydrogen-bond acceptors (Lipinski definition) is 1. The van der Waals surface area contributed by atoms with Crippen molar-refractivity contribution in [2.24, 2.45) is 0 Å². The molecule has 0 fully saturated rings. The number of aromatic nitrogens is 2. The first kappa shape index (κ1) is 9.85. The zero-order chi connectivity index (χ0) is 11.5. The number of benzene rings is 1. The fraction of sp³-hybridized carbons (Fsp3) is 0. The van der Waals surface area contributed by atoms with E-state index in [1.54, 1.807) is 0 Å². The highest BCUT2D eigenvalue weighted by molar-refractivity contribution is 5.68. The molecule has 1 aromatic carbocycles. The van der Waals surface area contributed by atoms with Crippen molar-refractivity contribution in [2.45, 2.75) is 0 Å². The summed E-state index contributed by atoms with van der Waals surface area (Å²) in [6, 6.07) is 16.6. The molecule has 0 aliphatic heterocycles. The summed E-state index contributed by atoms with van der Waals surface area (Å²) in [5.41, 5.74) is 4.75. The van der Waals surface area contributed by atoms with Gasteiger partial charge in [-0.05, 0) is 41.0 Å². The van der Waals surface area contributed by atoms with E-state index in [-0.39, 0.29) is 0 Å². The van der Waals surface area contributed by atoms with Gasteiger partial charge in [0.15, 0.2) is 0 Å². The molecule has 0 saturated carbocycles. The minimum atomic E-state index is 1.14. The van der Waals surface area contributed by atoms with Gasteiger partial charge >= 0.3 is 0 Å². The van der Waals surface area contributed by atoms with Gasteiger partial charge in [0.05, 0.1) is 0 Å². The van der Waals surface area contributed by atoms with E-state index < -0.39 is 0 Å². The molecule has 2 heterocycles. The average Bonchev–Trinajstić information content (AvgIpc) is 2.94. The highest BCUT2D eigenvalue weighted by atomic mass is 14.7. The van der Waals surface area contributed by atoms with E-state index in [2.05, 4.69) is 40.3 Å². The topological polar surface area (TPSA) is 28.7 Å². The number of rotatable bonds is 2. The van der Waals surface area contributed by atoms with Gasteiger partial charge in [-0.2, -0.15) is 0 Å². The van der Waals surface area contributed by atoms with Crippen LogP contribution >= 0.6 is 0 Å². The lowest BCUT2D eigenvalue weighted by molar-refractivity contribution is 1.33. The van der Waals surface area contributed by atoms with Crippen LogP contribution in [0.25, 0.3) is 22.4 Å². The Hall–Kier alpha value is -2.35. The summed E-state index contributed by atoms with van der Waals surface area (Å²) < 4.78 is 0. The molecule has 0 amide bonds. The Balaban J connectivity index is 1.96. The normalized spacial score (nSPS) is 10.4. The average molecular weight is 220 g/mol. The van der Waals surface area contributed by atoms with Gasteiger partial charge in [0.2, 0.25) is 0 Å². The maximum atomic E-state index is 4.02. The summed E-state index contributed by atoms with van der Waals surface area (Å²) in [5, 5.41) is 0. The first-order valence-corrected chi connectivity index (χ1v) is 5.58. The second kappa shape index (κ2) is 4.26. The fourth-order valence-electron chi connectivity index (χ4n) is 1.90. The van der Waals surface area contributed by atoms with Crippen LogP contribution in [-0.4, -0.2) is 9.97 Å². The molecular weight excluding hydrogens is 208 g/mol. The molecule has 0 unspecified atom stereocenters. The lowest BCUT2D eigenvalue weighted by Gasteiger charge is -2.03. The van der Waals surface area contributed by atoms with Gasteiger partial charge in [-0.25, -0.2) is 0 Å². The predicted molar refractivity (Wildman–Crippen MR) is 69.5 cm³/mol. The van der Waals surface area contributed by atoms with Crippen molar-refractivity contribution >= 4 is 0 Å². The second-order valence-electron chi connectivity index (χ2n) is 3.90. The number of hydrogen-bond donors (Lipinski definition) is 1. The molecule has 82 valence electrons. The molecule has 2 nitrogen and oxygen atoms in total. The Morgan fingerprint density at radius 3 is 2.00 bits per heavy atom. The number of pyridine rings is 1. The summed E-state index contributed by atoms with van der Waals surface area (Å²) in [6.07, 6.45) is 5.56. The van der Waals surface area contributed by atoms with E-state index >= 15 is 0 Å². The van der Waals surface area contributed by atoms with Crippen molar-refractivity contribution in [3.63, 3.8) is 0 Å². The molecule has 0 saturated heterocycles. The Morgan fingerprint density at radius 2 is 1.35 bits per heavy atom. The summed E-state index contributed by atoms with van der Waals surface area (Å²) >= 11 is 0. The van der Waals surface area contributed by atoms with Crippen LogP contribution in [0.5, 0.6) is 0 Å². The SMILES string of the molecule is c1c[nH]c(-c2ccc(-c3ccncc3)cc2)c1. The zero-order valence-corrected chi connectivity index (χ0v) is 9.30. The van der Waals surface area contributed by atoms with E-state index in [0.717, 1.165) is 5.69 Å². The molecular formula is C15H12N2. The molecule has 0 aliphatic carbocycles. The Bertz CT molecular complexity index is 581. The van der Waals surface area contributed by atoms with Crippen LogP contribution < -0.4 is 0 Å². The van der Waals surface area contributed by atoms with Crippen molar-refractivity contribution in [2.75, 3.05) is 0 Å². The number of nitrogens with one attached hydrogen (secondary N) is 1. The maximum absolute atomic E-state index is 4.02. The number of nitrogens with zero attached hydrogens (tertiary/aromatic N) is 1. The second-order valence-corrected chi connectivity index (χ2v) is 3.90. The van der Waals surface area contributed by atoms with E-state index in [4.69, 9.17) is 0 Å². The minimum absolute atomic E-state index is 1.14. The minimum Gasteiger partial charge on any atom is -0.361 e. The highest BCUT2D eigenvalue weighted by Gasteiger charge is 1.99. The monoisotopic (exact) mass is 220 g/mol. The van der Waals surface area contributed by atoms with E-state index in [0.29, 0.717) is 0 Å². The van der Waals surface area contributed by atoms with Crippen molar-refractivity contribution in [3.05, 3.63) is 67.1 Å². The summed E-state index contributed by atoms with van der Waals surface area (Å²) in [7, 11) is 0. The Labute approximate surface area is 100.0 Å². The lowest BCUT2D eigenvalue weighted by Crippen LogP contribution is -1.80. The molecule has 0 radical (unpaired) electrons. The maximum Gasteiger partial charge on any atom is 0.0453 e. The molecule has 17 heavy (non-hydrogen) atoms. The van der Waals surface area contributed by atoms with E-state index in [1.165, 1.54) is 16.7 Å². The van der Waals surface area contributed by atoms with E-state index in [1.807, 2.05) is 36.8 Å². The van der Waals surface area contributed by atoms with Crippen LogP contribution in [0.4, 0.5) is 0 Å². The third-order valence-electron chi connectivity index (χ3n) is 2.81. The Kier molecular flexibility index (Phi) is 2.47. The third kappa shape index (κ3) is 1.97. The molecule has 3 rings (SSSR count). The van der Waals surface area contributed by atoms with Gasteiger partial charge in [-0.3, -0.25) is 4.98 Å². The first-order valence-electron chi connectivity index (χ1n) is 5.58. The molecule has 3 aromatic rings. The van der Waals surface area contributed by atoms with Gasteiger partial charge in [0.1, 0.15) is 0 Å². The molecule has 2 heteroatoms. The largest absolute Gasteiger partial charge is 0.361 e. The predicted octanol–water partition coefficient (Wildman–Crippen LogP) is 3.74. The van der Waals surface area contributed by atoms with Gasteiger partial charge in [-0.15, -0.1) is 0 Å². The first-order chi connectivity index (χ1) is 8.43. The van der Waals surface area contributed by atoms with Crippen molar-refractivity contribution in [1.82, 2.24) is 9.97 Å². The summed E-state index contributed by atoms with van der Waals surface area (Å²) in [6.45, 7) is 0. The molecule has 0 bridgehead atoms. The molecule has 1 N–H and O–H groups in total. The van der Waals surface area contributed by atoms with Crippen molar-refractivity contribution in [3.8, 4) is 22.4 Å². The summed E-state index contributed by atoms with van der Waals surface area (Å²) in [5.74, 6) is 0. The van der Waals surface area contributed by atoms with Crippen molar-refractivity contribution < 1.29 is 0 Å². The van der Waals surface area contributed by atoms with Crippen molar-refractivity contribution in [1.29, 1.82) is 0 Å². The third-order valence-corrected chi connectivity index (χ3v) is 2.81. The van der Waals surface area contributed by atoms with Gasteiger partial charge in [0.25, 0.3) is 0 Å². The van der Waals surface area contributed by atoms with Crippen LogP contribution in [0.15, 0.2) is 67.1 Å². The zero-order valence-electron chi connectivity index (χ0n) is 9.30. The smallest absolute Gasteiger partial charge is 0.0453 e. The van der Waals surface area contributed by atoms with Crippen LogP contribution in [0.2, 0.25) is 0 Å². The quantitative estimate of drug-likeness (QED) is 0.700. The molecule has 0 atom stereocenters. The fourth-order valence-corrected chi connectivity index (χ4v) is 1.90. The Morgan fingerprint density at radius 1 is 0.706 bits per heavy atom. The number of H-pyrrole nitrogens is 1. The van der Waals surface area contributed by atoms with Gasteiger partial charge in [-0.1, -0.05) is 24.3 Å². The van der Waals surface area contributed by atoms with Gasteiger partial charge < -0.3 is 4.98 Å². The van der Waals surface area contributed by atoms with Crippen LogP contribution in [-0.2, 0) is 0 Å². The highest BCUT2D eigenvalue weighted by Crippen LogP contribution is 2.23.